The molecular weight excluding hydrogens is 318 g/mol. The molecule has 1 aromatic rings. The van der Waals surface area contributed by atoms with E-state index in [4.69, 9.17) is 4.74 Å². The first-order valence-corrected chi connectivity index (χ1v) is 8.06. The van der Waals surface area contributed by atoms with Crippen LogP contribution in [0.3, 0.4) is 0 Å². The summed E-state index contributed by atoms with van der Waals surface area (Å²) in [6.07, 6.45) is 5.09. The fourth-order valence-electron chi connectivity index (χ4n) is 2.82. The van der Waals surface area contributed by atoms with Gasteiger partial charge in [-0.05, 0) is 18.9 Å². The first-order chi connectivity index (χ1) is 9.63. The van der Waals surface area contributed by atoms with Crippen LogP contribution in [0.1, 0.15) is 31.2 Å². The van der Waals surface area contributed by atoms with Crippen molar-refractivity contribution in [1.82, 2.24) is 4.90 Å². The number of hydrogen-bond acceptors (Lipinski definition) is 2. The number of methoxy groups -OCH3 is 1. The van der Waals surface area contributed by atoms with E-state index >= 15 is 0 Å². The van der Waals surface area contributed by atoms with Crippen LogP contribution < -0.4 is 4.74 Å². The van der Waals surface area contributed by atoms with Crippen molar-refractivity contribution in [2.24, 2.45) is 0 Å². The Labute approximate surface area is 129 Å². The number of para-hydroxylation sites is 1. The van der Waals surface area contributed by atoms with Gasteiger partial charge in [-0.25, -0.2) is 0 Å². The second kappa shape index (κ2) is 7.11. The number of halogens is 1. The standard InChI is InChI=1S/C16H22BrNO2/c1-18(14-9-5-4-8-13(14)17)16(19)11-12-7-3-6-10-15(12)20-2/h3,6-7,10,13-14H,4-5,8-9,11H2,1-2H3. The number of carbonyl (C=O) groups excluding carboxylic acids is 1. The minimum atomic E-state index is 0.158. The average Bonchev–Trinajstić information content (AvgIpc) is 2.47. The Bertz CT molecular complexity index is 464. The summed E-state index contributed by atoms with van der Waals surface area (Å²) in [6.45, 7) is 0. The lowest BCUT2D eigenvalue weighted by Crippen LogP contribution is -2.44. The molecule has 1 amide bonds. The van der Waals surface area contributed by atoms with Crippen molar-refractivity contribution in [1.29, 1.82) is 0 Å². The molecule has 0 bridgehead atoms. The molecule has 1 aromatic carbocycles. The van der Waals surface area contributed by atoms with Crippen LogP contribution in [0.15, 0.2) is 24.3 Å². The zero-order valence-corrected chi connectivity index (χ0v) is 13.7. The van der Waals surface area contributed by atoms with Gasteiger partial charge in [0.2, 0.25) is 5.91 Å². The van der Waals surface area contributed by atoms with Crippen LogP contribution in [0.4, 0.5) is 0 Å². The van der Waals surface area contributed by atoms with Crippen LogP contribution in [0.25, 0.3) is 0 Å². The van der Waals surface area contributed by atoms with Gasteiger partial charge in [0.15, 0.2) is 0 Å². The largest absolute Gasteiger partial charge is 0.496 e. The van der Waals surface area contributed by atoms with Crippen molar-refractivity contribution in [2.75, 3.05) is 14.2 Å². The summed E-state index contributed by atoms with van der Waals surface area (Å²) in [6, 6.07) is 8.03. The van der Waals surface area contributed by atoms with E-state index < -0.39 is 0 Å². The van der Waals surface area contributed by atoms with Gasteiger partial charge >= 0.3 is 0 Å². The monoisotopic (exact) mass is 339 g/mol. The van der Waals surface area contributed by atoms with Gasteiger partial charge < -0.3 is 9.64 Å². The van der Waals surface area contributed by atoms with E-state index in [1.165, 1.54) is 12.8 Å². The number of amides is 1. The van der Waals surface area contributed by atoms with Crippen LogP contribution >= 0.6 is 15.9 Å². The Morgan fingerprint density at radius 2 is 2.05 bits per heavy atom. The number of ether oxygens (including phenoxy) is 1. The Hall–Kier alpha value is -1.03. The summed E-state index contributed by atoms with van der Waals surface area (Å²) in [5.74, 6) is 0.944. The van der Waals surface area contributed by atoms with Gasteiger partial charge in [0.25, 0.3) is 0 Å². The summed E-state index contributed by atoms with van der Waals surface area (Å²) in [5.41, 5.74) is 0.953. The smallest absolute Gasteiger partial charge is 0.227 e. The highest BCUT2D eigenvalue weighted by Crippen LogP contribution is 2.28. The second-order valence-electron chi connectivity index (χ2n) is 5.36. The van der Waals surface area contributed by atoms with E-state index in [-0.39, 0.29) is 5.91 Å². The fourth-order valence-corrected chi connectivity index (χ4v) is 3.77. The third-order valence-electron chi connectivity index (χ3n) is 4.07. The molecule has 0 aromatic heterocycles. The van der Waals surface area contributed by atoms with Crippen molar-refractivity contribution in [3.05, 3.63) is 29.8 Å². The van der Waals surface area contributed by atoms with Crippen LogP contribution in [-0.2, 0) is 11.2 Å². The van der Waals surface area contributed by atoms with Crippen LogP contribution in [0, 0.1) is 0 Å². The number of alkyl halides is 1. The minimum Gasteiger partial charge on any atom is -0.496 e. The van der Waals surface area contributed by atoms with Gasteiger partial charge in [-0.1, -0.05) is 47.0 Å². The number of nitrogens with zero attached hydrogens (tertiary/aromatic N) is 1. The quantitative estimate of drug-likeness (QED) is 0.787. The third-order valence-corrected chi connectivity index (χ3v) is 5.14. The van der Waals surface area contributed by atoms with Gasteiger partial charge in [0, 0.05) is 23.5 Å². The molecule has 2 rings (SSSR count). The predicted octanol–water partition coefficient (Wildman–Crippen LogP) is 3.40. The van der Waals surface area contributed by atoms with E-state index in [0.717, 1.165) is 24.2 Å². The number of rotatable bonds is 4. The SMILES string of the molecule is COc1ccccc1CC(=O)N(C)C1CCCCC1Br. The molecule has 0 spiro atoms. The van der Waals surface area contributed by atoms with Gasteiger partial charge in [-0.3, -0.25) is 4.79 Å². The third kappa shape index (κ3) is 3.54. The molecule has 1 fully saturated rings. The topological polar surface area (TPSA) is 29.5 Å². The highest BCUT2D eigenvalue weighted by Gasteiger charge is 2.29. The molecule has 1 saturated carbocycles. The number of hydrogen-bond donors (Lipinski definition) is 0. The van der Waals surface area contributed by atoms with Crippen LogP contribution in [0.5, 0.6) is 5.75 Å². The molecule has 0 saturated heterocycles. The van der Waals surface area contributed by atoms with Gasteiger partial charge in [0.05, 0.1) is 13.5 Å². The predicted molar refractivity (Wildman–Crippen MR) is 84.4 cm³/mol. The number of benzene rings is 1. The molecule has 3 nitrogen and oxygen atoms in total. The molecule has 0 heterocycles. The molecule has 20 heavy (non-hydrogen) atoms. The van der Waals surface area contributed by atoms with Gasteiger partial charge in [0.1, 0.15) is 5.75 Å². The summed E-state index contributed by atoms with van der Waals surface area (Å²) in [5, 5.41) is 0. The molecule has 1 aliphatic rings. The molecule has 0 radical (unpaired) electrons. The Kier molecular flexibility index (Phi) is 5.46. The lowest BCUT2D eigenvalue weighted by atomic mass is 9.94. The zero-order valence-electron chi connectivity index (χ0n) is 12.1. The zero-order chi connectivity index (χ0) is 14.5. The average molecular weight is 340 g/mol. The Morgan fingerprint density at radius 3 is 2.75 bits per heavy atom. The summed E-state index contributed by atoms with van der Waals surface area (Å²) in [4.78, 5) is 14.8. The van der Waals surface area contributed by atoms with E-state index in [1.54, 1.807) is 7.11 Å². The molecular formula is C16H22BrNO2. The van der Waals surface area contributed by atoms with Crippen LogP contribution in [0.2, 0.25) is 0 Å². The van der Waals surface area contributed by atoms with Gasteiger partial charge in [-0.15, -0.1) is 0 Å². The molecule has 2 unspecified atom stereocenters. The van der Waals surface area contributed by atoms with Crippen molar-refractivity contribution in [3.63, 3.8) is 0 Å². The summed E-state index contributed by atoms with van der Waals surface area (Å²) < 4.78 is 5.31. The lowest BCUT2D eigenvalue weighted by Gasteiger charge is -2.35. The second-order valence-corrected chi connectivity index (χ2v) is 6.54. The summed E-state index contributed by atoms with van der Waals surface area (Å²) >= 11 is 3.72. The fraction of sp³-hybridized carbons (Fsp3) is 0.562. The van der Waals surface area contributed by atoms with E-state index in [2.05, 4.69) is 15.9 Å². The molecule has 1 aliphatic carbocycles. The van der Waals surface area contributed by atoms with Crippen molar-refractivity contribution >= 4 is 21.8 Å². The van der Waals surface area contributed by atoms with E-state index in [0.29, 0.717) is 17.3 Å². The number of likely N-dealkylation sites (N-methyl/N-ethyl adjacent to an activating group) is 1. The van der Waals surface area contributed by atoms with E-state index in [9.17, 15) is 4.79 Å². The highest BCUT2D eigenvalue weighted by molar-refractivity contribution is 9.09. The lowest BCUT2D eigenvalue weighted by molar-refractivity contribution is -0.131. The van der Waals surface area contributed by atoms with Crippen molar-refractivity contribution < 1.29 is 9.53 Å². The summed E-state index contributed by atoms with van der Waals surface area (Å²) in [7, 11) is 3.56. The maximum Gasteiger partial charge on any atom is 0.227 e. The van der Waals surface area contributed by atoms with Crippen molar-refractivity contribution in [2.45, 2.75) is 43.0 Å². The molecule has 2 atom stereocenters. The molecule has 110 valence electrons. The molecule has 4 heteroatoms. The normalized spacial score (nSPS) is 22.4. The molecule has 0 N–H and O–H groups in total. The maximum absolute atomic E-state index is 12.5. The first-order valence-electron chi connectivity index (χ1n) is 7.15. The highest BCUT2D eigenvalue weighted by atomic mass is 79.9. The molecule has 0 aliphatic heterocycles. The van der Waals surface area contributed by atoms with E-state index in [1.807, 2.05) is 36.2 Å². The van der Waals surface area contributed by atoms with Crippen molar-refractivity contribution in [3.8, 4) is 5.75 Å². The van der Waals surface area contributed by atoms with Gasteiger partial charge in [-0.2, -0.15) is 0 Å². The Balaban J connectivity index is 2.03. The van der Waals surface area contributed by atoms with Crippen LogP contribution in [-0.4, -0.2) is 35.8 Å². The minimum absolute atomic E-state index is 0.158. The Morgan fingerprint density at radius 1 is 1.35 bits per heavy atom. The first kappa shape index (κ1) is 15.4. The maximum atomic E-state index is 12.5. The number of carbonyl (C=O) groups is 1.